The molecule has 2 atom stereocenters. The first-order valence-corrected chi connectivity index (χ1v) is 6.36. The third-order valence-corrected chi connectivity index (χ3v) is 4.16. The molecule has 2 rings (SSSR count). The zero-order valence-corrected chi connectivity index (χ0v) is 10.4. The third kappa shape index (κ3) is 2.49. The van der Waals surface area contributed by atoms with Gasteiger partial charge in [-0.25, -0.2) is 0 Å². The predicted molar refractivity (Wildman–Crippen MR) is 66.1 cm³/mol. The molecule has 1 aliphatic rings. The maximum atomic E-state index is 6.37. The minimum atomic E-state index is 0.271. The van der Waals surface area contributed by atoms with Crippen LogP contribution in [0, 0.1) is 11.3 Å². The molecule has 2 N–H and O–H groups in total. The molecule has 16 heavy (non-hydrogen) atoms. The van der Waals surface area contributed by atoms with Crippen molar-refractivity contribution in [1.82, 2.24) is 0 Å². The van der Waals surface area contributed by atoms with Crippen molar-refractivity contribution in [2.24, 2.45) is 17.1 Å². The van der Waals surface area contributed by atoms with Crippen molar-refractivity contribution < 1.29 is 4.42 Å². The summed E-state index contributed by atoms with van der Waals surface area (Å²) < 4.78 is 5.10. The van der Waals surface area contributed by atoms with E-state index in [0.29, 0.717) is 11.3 Å². The van der Waals surface area contributed by atoms with E-state index >= 15 is 0 Å². The molecule has 0 aromatic carbocycles. The summed E-state index contributed by atoms with van der Waals surface area (Å²) in [4.78, 5) is 0. The number of rotatable bonds is 3. The van der Waals surface area contributed by atoms with E-state index in [1.165, 1.54) is 31.2 Å². The van der Waals surface area contributed by atoms with Gasteiger partial charge in [0.2, 0.25) is 0 Å². The molecule has 0 aliphatic heterocycles. The van der Waals surface area contributed by atoms with Gasteiger partial charge in [0, 0.05) is 6.04 Å². The Kier molecular flexibility index (Phi) is 3.38. The molecule has 1 aromatic rings. The van der Waals surface area contributed by atoms with Crippen LogP contribution >= 0.6 is 0 Å². The molecule has 0 amide bonds. The molecule has 0 saturated heterocycles. The van der Waals surface area contributed by atoms with Gasteiger partial charge in [-0.05, 0) is 42.2 Å². The van der Waals surface area contributed by atoms with Crippen molar-refractivity contribution in [2.45, 2.75) is 52.0 Å². The first kappa shape index (κ1) is 11.7. The number of hydrogen-bond acceptors (Lipinski definition) is 2. The van der Waals surface area contributed by atoms with Gasteiger partial charge in [0.1, 0.15) is 0 Å². The number of furan rings is 1. The van der Waals surface area contributed by atoms with Gasteiger partial charge in [0.15, 0.2) is 0 Å². The van der Waals surface area contributed by atoms with Crippen LogP contribution in [0.3, 0.4) is 0 Å². The highest BCUT2D eigenvalue weighted by Gasteiger charge is 2.35. The van der Waals surface area contributed by atoms with Crippen molar-refractivity contribution in [3.05, 3.63) is 24.2 Å². The van der Waals surface area contributed by atoms with Gasteiger partial charge >= 0.3 is 0 Å². The monoisotopic (exact) mass is 221 g/mol. The van der Waals surface area contributed by atoms with E-state index in [1.54, 1.807) is 6.26 Å². The molecule has 1 saturated carbocycles. The van der Waals surface area contributed by atoms with E-state index in [9.17, 15) is 0 Å². The standard InChI is InChI=1S/C14H23NO/c1-14(2)7-4-3-5-12(14)13(15)9-11-6-8-16-10-11/h6,8,10,12-13H,3-5,7,9,15H2,1-2H3. The largest absolute Gasteiger partial charge is 0.472 e. The highest BCUT2D eigenvalue weighted by molar-refractivity contribution is 5.08. The van der Waals surface area contributed by atoms with Gasteiger partial charge in [-0.1, -0.05) is 26.7 Å². The van der Waals surface area contributed by atoms with E-state index < -0.39 is 0 Å². The van der Waals surface area contributed by atoms with E-state index in [1.807, 2.05) is 12.3 Å². The van der Waals surface area contributed by atoms with E-state index in [4.69, 9.17) is 10.2 Å². The SMILES string of the molecule is CC1(C)CCCCC1C(N)Cc1ccoc1. The molecular weight excluding hydrogens is 198 g/mol. The van der Waals surface area contributed by atoms with E-state index in [-0.39, 0.29) is 6.04 Å². The highest BCUT2D eigenvalue weighted by Crippen LogP contribution is 2.42. The Balaban J connectivity index is 2.00. The summed E-state index contributed by atoms with van der Waals surface area (Å²) in [6.45, 7) is 4.73. The lowest BCUT2D eigenvalue weighted by Crippen LogP contribution is -2.42. The van der Waals surface area contributed by atoms with Crippen LogP contribution in [0.25, 0.3) is 0 Å². The molecule has 0 radical (unpaired) electrons. The van der Waals surface area contributed by atoms with Crippen LogP contribution in [-0.2, 0) is 6.42 Å². The Morgan fingerprint density at radius 2 is 2.31 bits per heavy atom. The maximum absolute atomic E-state index is 6.37. The van der Waals surface area contributed by atoms with Crippen molar-refractivity contribution in [2.75, 3.05) is 0 Å². The Morgan fingerprint density at radius 3 is 2.94 bits per heavy atom. The average molecular weight is 221 g/mol. The van der Waals surface area contributed by atoms with Crippen LogP contribution in [0.15, 0.2) is 23.0 Å². The van der Waals surface area contributed by atoms with Crippen molar-refractivity contribution in [3.8, 4) is 0 Å². The summed E-state index contributed by atoms with van der Waals surface area (Å²) in [5, 5.41) is 0. The minimum Gasteiger partial charge on any atom is -0.472 e. The summed E-state index contributed by atoms with van der Waals surface area (Å²) in [7, 11) is 0. The quantitative estimate of drug-likeness (QED) is 0.850. The number of nitrogens with two attached hydrogens (primary N) is 1. The highest BCUT2D eigenvalue weighted by atomic mass is 16.3. The Morgan fingerprint density at radius 1 is 1.50 bits per heavy atom. The van der Waals surface area contributed by atoms with Gasteiger partial charge in [-0.3, -0.25) is 0 Å². The molecule has 1 heterocycles. The summed E-state index contributed by atoms with van der Waals surface area (Å²) in [6.07, 6.45) is 9.80. The second-order valence-electron chi connectivity index (χ2n) is 5.84. The second-order valence-corrected chi connectivity index (χ2v) is 5.84. The van der Waals surface area contributed by atoms with Gasteiger partial charge in [-0.15, -0.1) is 0 Å². The fourth-order valence-electron chi connectivity index (χ4n) is 3.14. The molecule has 90 valence electrons. The van der Waals surface area contributed by atoms with E-state index in [2.05, 4.69) is 13.8 Å². The molecule has 2 unspecified atom stereocenters. The van der Waals surface area contributed by atoms with Crippen molar-refractivity contribution in [1.29, 1.82) is 0 Å². The fraction of sp³-hybridized carbons (Fsp3) is 0.714. The van der Waals surface area contributed by atoms with Gasteiger partial charge in [0.25, 0.3) is 0 Å². The van der Waals surface area contributed by atoms with Gasteiger partial charge in [0.05, 0.1) is 12.5 Å². The lowest BCUT2D eigenvalue weighted by Gasteiger charge is -2.42. The van der Waals surface area contributed by atoms with Crippen LogP contribution in [0.1, 0.15) is 45.1 Å². The Hall–Kier alpha value is -0.760. The molecule has 1 aliphatic carbocycles. The molecule has 1 aromatic heterocycles. The smallest absolute Gasteiger partial charge is 0.0935 e. The van der Waals surface area contributed by atoms with Gasteiger partial charge in [-0.2, -0.15) is 0 Å². The Bertz CT molecular complexity index is 315. The summed E-state index contributed by atoms with van der Waals surface area (Å²) in [5.41, 5.74) is 8.01. The van der Waals surface area contributed by atoms with Crippen LogP contribution in [0.2, 0.25) is 0 Å². The molecule has 2 nitrogen and oxygen atoms in total. The topological polar surface area (TPSA) is 39.2 Å². The molecular formula is C14H23NO. The average Bonchev–Trinajstić information content (AvgIpc) is 2.69. The maximum Gasteiger partial charge on any atom is 0.0935 e. The minimum absolute atomic E-state index is 0.271. The van der Waals surface area contributed by atoms with Crippen molar-refractivity contribution in [3.63, 3.8) is 0 Å². The molecule has 0 bridgehead atoms. The second kappa shape index (κ2) is 4.62. The lowest BCUT2D eigenvalue weighted by molar-refractivity contribution is 0.112. The fourth-order valence-corrected chi connectivity index (χ4v) is 3.14. The summed E-state index contributed by atoms with van der Waals surface area (Å²) >= 11 is 0. The normalized spacial score (nSPS) is 26.6. The van der Waals surface area contributed by atoms with Crippen LogP contribution < -0.4 is 5.73 Å². The summed E-state index contributed by atoms with van der Waals surface area (Å²) in [6, 6.07) is 2.29. The third-order valence-electron chi connectivity index (χ3n) is 4.16. The zero-order valence-electron chi connectivity index (χ0n) is 10.4. The molecule has 0 spiro atoms. The lowest BCUT2D eigenvalue weighted by atomic mass is 9.65. The number of hydrogen-bond donors (Lipinski definition) is 1. The molecule has 2 heteroatoms. The Labute approximate surface area is 98.2 Å². The van der Waals surface area contributed by atoms with Gasteiger partial charge < -0.3 is 10.2 Å². The van der Waals surface area contributed by atoms with Crippen LogP contribution in [-0.4, -0.2) is 6.04 Å². The predicted octanol–water partition coefficient (Wildman–Crippen LogP) is 3.37. The van der Waals surface area contributed by atoms with Crippen molar-refractivity contribution >= 4 is 0 Å². The van der Waals surface area contributed by atoms with E-state index in [0.717, 1.165) is 6.42 Å². The summed E-state index contributed by atoms with van der Waals surface area (Å²) in [5.74, 6) is 0.649. The first-order valence-electron chi connectivity index (χ1n) is 6.36. The van der Waals surface area contributed by atoms with Crippen LogP contribution in [0.5, 0.6) is 0 Å². The van der Waals surface area contributed by atoms with Crippen LogP contribution in [0.4, 0.5) is 0 Å². The molecule has 1 fully saturated rings. The first-order chi connectivity index (χ1) is 7.59. The zero-order chi connectivity index (χ0) is 11.6.